The number of likely N-dealkylation sites (N-methyl/N-ethyl adjacent to an activating group) is 1. The van der Waals surface area contributed by atoms with Crippen molar-refractivity contribution >= 4 is 23.2 Å². The Labute approximate surface area is 119 Å². The number of nitrogens with two attached hydrogens (primary N) is 1. The molecular weight excluding hydrogens is 262 g/mol. The van der Waals surface area contributed by atoms with Gasteiger partial charge in [0.2, 0.25) is 0 Å². The van der Waals surface area contributed by atoms with Gasteiger partial charge in [-0.15, -0.1) is 0 Å². The van der Waals surface area contributed by atoms with Crippen molar-refractivity contribution in [2.75, 3.05) is 39.0 Å². The van der Waals surface area contributed by atoms with Crippen LogP contribution in [0.3, 0.4) is 0 Å². The zero-order valence-corrected chi connectivity index (χ0v) is 12.0. The Morgan fingerprint density at radius 2 is 2.11 bits per heavy atom. The molecule has 0 radical (unpaired) electrons. The summed E-state index contributed by atoms with van der Waals surface area (Å²) in [6.45, 7) is 3.97. The van der Waals surface area contributed by atoms with E-state index in [4.69, 9.17) is 17.3 Å². The number of hydrogen-bond acceptors (Lipinski definition) is 3. The molecule has 1 fully saturated rings. The highest BCUT2D eigenvalue weighted by molar-refractivity contribution is 6.33. The molecule has 2 N–H and O–H groups in total. The third kappa shape index (κ3) is 3.61. The predicted molar refractivity (Wildman–Crippen MR) is 78.5 cm³/mol. The van der Waals surface area contributed by atoms with Crippen molar-refractivity contribution in [1.82, 2.24) is 9.80 Å². The molecule has 0 aliphatic carbocycles. The number of nitrogens with zero attached hydrogens (tertiary/aromatic N) is 2. The van der Waals surface area contributed by atoms with Crippen molar-refractivity contribution in [2.24, 2.45) is 0 Å². The molecule has 1 aromatic rings. The van der Waals surface area contributed by atoms with E-state index in [0.717, 1.165) is 26.2 Å². The summed E-state index contributed by atoms with van der Waals surface area (Å²) in [4.78, 5) is 16.3. The molecule has 0 atom stereocenters. The maximum Gasteiger partial charge on any atom is 0.253 e. The topological polar surface area (TPSA) is 49.6 Å². The second kappa shape index (κ2) is 6.26. The van der Waals surface area contributed by atoms with Crippen molar-refractivity contribution in [1.29, 1.82) is 0 Å². The maximum atomic E-state index is 12.2. The van der Waals surface area contributed by atoms with Crippen LogP contribution in [0, 0.1) is 0 Å². The summed E-state index contributed by atoms with van der Waals surface area (Å²) in [6, 6.07) is 5.02. The highest BCUT2D eigenvalue weighted by atomic mass is 35.5. The highest BCUT2D eigenvalue weighted by Crippen LogP contribution is 2.20. The zero-order valence-electron chi connectivity index (χ0n) is 11.2. The standard InChI is InChI=1S/C14H20ClN3O/c1-17(8-9-18-6-2-3-7-18)14(19)11-4-5-12(15)13(16)10-11/h4-5,10H,2-3,6-9,16H2,1H3. The van der Waals surface area contributed by atoms with Crippen LogP contribution in [0.2, 0.25) is 5.02 Å². The average molecular weight is 282 g/mol. The molecule has 0 saturated carbocycles. The molecule has 2 rings (SSSR count). The smallest absolute Gasteiger partial charge is 0.253 e. The molecule has 104 valence electrons. The van der Waals surface area contributed by atoms with Crippen LogP contribution >= 0.6 is 11.6 Å². The van der Waals surface area contributed by atoms with Crippen molar-refractivity contribution in [2.45, 2.75) is 12.8 Å². The lowest BCUT2D eigenvalue weighted by Crippen LogP contribution is -2.35. The quantitative estimate of drug-likeness (QED) is 0.860. The molecule has 5 heteroatoms. The molecular formula is C14H20ClN3O. The minimum absolute atomic E-state index is 0.0115. The van der Waals surface area contributed by atoms with E-state index in [0.29, 0.717) is 16.3 Å². The number of nitrogen functional groups attached to an aromatic ring is 1. The molecule has 1 amide bonds. The van der Waals surface area contributed by atoms with Gasteiger partial charge in [-0.3, -0.25) is 4.79 Å². The molecule has 0 bridgehead atoms. The second-order valence-electron chi connectivity index (χ2n) is 5.01. The van der Waals surface area contributed by atoms with Crippen LogP contribution < -0.4 is 5.73 Å². The van der Waals surface area contributed by atoms with Crippen LogP contribution in [0.4, 0.5) is 5.69 Å². The molecule has 19 heavy (non-hydrogen) atoms. The van der Waals surface area contributed by atoms with Crippen LogP contribution in [0.25, 0.3) is 0 Å². The number of benzene rings is 1. The number of carbonyl (C=O) groups excluding carboxylic acids is 1. The van der Waals surface area contributed by atoms with Gasteiger partial charge in [-0.1, -0.05) is 11.6 Å². The summed E-state index contributed by atoms with van der Waals surface area (Å²) in [5.74, 6) is -0.0115. The largest absolute Gasteiger partial charge is 0.398 e. The van der Waals surface area contributed by atoms with Crippen molar-refractivity contribution in [3.8, 4) is 0 Å². The lowest BCUT2D eigenvalue weighted by molar-refractivity contribution is 0.0782. The molecule has 1 aromatic carbocycles. The minimum atomic E-state index is -0.0115. The van der Waals surface area contributed by atoms with E-state index < -0.39 is 0 Å². The molecule has 1 heterocycles. The zero-order chi connectivity index (χ0) is 13.8. The number of hydrogen-bond donors (Lipinski definition) is 1. The van der Waals surface area contributed by atoms with Gasteiger partial charge in [0.05, 0.1) is 10.7 Å². The van der Waals surface area contributed by atoms with Gasteiger partial charge in [-0.2, -0.15) is 0 Å². The van der Waals surface area contributed by atoms with Gasteiger partial charge < -0.3 is 15.5 Å². The molecule has 0 unspecified atom stereocenters. The SMILES string of the molecule is CN(CCN1CCCC1)C(=O)c1ccc(Cl)c(N)c1. The molecule has 0 aromatic heterocycles. The van der Waals surface area contributed by atoms with Crippen LogP contribution in [0.15, 0.2) is 18.2 Å². The summed E-state index contributed by atoms with van der Waals surface area (Å²) in [5, 5.41) is 0.483. The van der Waals surface area contributed by atoms with Crippen LogP contribution in [0.5, 0.6) is 0 Å². The maximum absolute atomic E-state index is 12.2. The number of anilines is 1. The number of likely N-dealkylation sites (tertiary alicyclic amines) is 1. The Hall–Kier alpha value is -1.26. The fourth-order valence-electron chi connectivity index (χ4n) is 2.30. The first-order valence-electron chi connectivity index (χ1n) is 6.61. The van der Waals surface area contributed by atoms with E-state index in [1.165, 1.54) is 12.8 Å². The normalized spacial score (nSPS) is 15.7. The molecule has 0 spiro atoms. The Bertz CT molecular complexity index is 458. The van der Waals surface area contributed by atoms with Gasteiger partial charge in [0.25, 0.3) is 5.91 Å². The lowest BCUT2D eigenvalue weighted by atomic mass is 10.2. The lowest BCUT2D eigenvalue weighted by Gasteiger charge is -2.21. The first-order valence-corrected chi connectivity index (χ1v) is 6.98. The van der Waals surface area contributed by atoms with Crippen molar-refractivity contribution in [3.63, 3.8) is 0 Å². The van der Waals surface area contributed by atoms with Gasteiger partial charge in [0.1, 0.15) is 0 Å². The number of amides is 1. The van der Waals surface area contributed by atoms with Gasteiger partial charge >= 0.3 is 0 Å². The van der Waals surface area contributed by atoms with Gasteiger partial charge in [0.15, 0.2) is 0 Å². The van der Waals surface area contributed by atoms with Crippen molar-refractivity contribution < 1.29 is 4.79 Å². The Balaban J connectivity index is 1.92. The number of rotatable bonds is 4. The Morgan fingerprint density at radius 3 is 2.74 bits per heavy atom. The molecule has 1 aliphatic rings. The van der Waals surface area contributed by atoms with Crippen LogP contribution in [0.1, 0.15) is 23.2 Å². The van der Waals surface area contributed by atoms with Gasteiger partial charge in [0, 0.05) is 25.7 Å². The van der Waals surface area contributed by atoms with E-state index in [1.54, 1.807) is 23.1 Å². The van der Waals surface area contributed by atoms with Gasteiger partial charge in [-0.25, -0.2) is 0 Å². The summed E-state index contributed by atoms with van der Waals surface area (Å²) >= 11 is 5.86. The summed E-state index contributed by atoms with van der Waals surface area (Å²) < 4.78 is 0. The number of carbonyl (C=O) groups is 1. The monoisotopic (exact) mass is 281 g/mol. The fraction of sp³-hybridized carbons (Fsp3) is 0.500. The van der Waals surface area contributed by atoms with E-state index in [-0.39, 0.29) is 5.91 Å². The summed E-state index contributed by atoms with van der Waals surface area (Å²) in [5.41, 5.74) is 6.75. The second-order valence-corrected chi connectivity index (χ2v) is 5.42. The fourth-order valence-corrected chi connectivity index (χ4v) is 2.41. The third-order valence-electron chi connectivity index (χ3n) is 3.54. The summed E-state index contributed by atoms with van der Waals surface area (Å²) in [6.07, 6.45) is 2.54. The van der Waals surface area contributed by atoms with Crippen LogP contribution in [-0.4, -0.2) is 48.9 Å². The van der Waals surface area contributed by atoms with Gasteiger partial charge in [-0.05, 0) is 44.1 Å². The van der Waals surface area contributed by atoms with E-state index in [1.807, 2.05) is 7.05 Å². The Kier molecular flexibility index (Phi) is 4.66. The Morgan fingerprint density at radius 1 is 1.42 bits per heavy atom. The first-order chi connectivity index (χ1) is 9.08. The van der Waals surface area contributed by atoms with E-state index >= 15 is 0 Å². The first kappa shape index (κ1) is 14.2. The average Bonchev–Trinajstić information content (AvgIpc) is 2.91. The molecule has 1 saturated heterocycles. The van der Waals surface area contributed by atoms with Crippen molar-refractivity contribution in [3.05, 3.63) is 28.8 Å². The third-order valence-corrected chi connectivity index (χ3v) is 3.88. The van der Waals surface area contributed by atoms with Crippen LogP contribution in [-0.2, 0) is 0 Å². The molecule has 1 aliphatic heterocycles. The van der Waals surface area contributed by atoms with E-state index in [2.05, 4.69) is 4.90 Å². The number of halogens is 1. The summed E-state index contributed by atoms with van der Waals surface area (Å²) in [7, 11) is 1.82. The molecule has 4 nitrogen and oxygen atoms in total. The highest BCUT2D eigenvalue weighted by Gasteiger charge is 2.16. The van der Waals surface area contributed by atoms with E-state index in [9.17, 15) is 4.79 Å². The minimum Gasteiger partial charge on any atom is -0.398 e. The predicted octanol–water partition coefficient (Wildman–Crippen LogP) is 2.09.